The maximum Gasteiger partial charge on any atom is 0.101 e. The third kappa shape index (κ3) is 3.01. The molecule has 1 rings (SSSR count). The van der Waals surface area contributed by atoms with E-state index >= 15 is 0 Å². The zero-order chi connectivity index (χ0) is 9.84. The molecule has 0 aromatic carbocycles. The Morgan fingerprint density at radius 1 is 1.46 bits per heavy atom. The monoisotopic (exact) mass is 196 g/mol. The van der Waals surface area contributed by atoms with Gasteiger partial charge in [0.1, 0.15) is 5.03 Å². The van der Waals surface area contributed by atoms with Crippen LogP contribution in [-0.4, -0.2) is 10.2 Å². The highest BCUT2D eigenvalue weighted by Gasteiger charge is 2.05. The highest BCUT2D eigenvalue weighted by atomic mass is 32.2. The Bertz CT molecular complexity index is 284. The van der Waals surface area contributed by atoms with Gasteiger partial charge < -0.3 is 5.73 Å². The smallest absolute Gasteiger partial charge is 0.101 e. The molecule has 0 unspecified atom stereocenters. The SMILES string of the molecule is Cc1ccc(CN)c(SC(C)C)n1. The largest absolute Gasteiger partial charge is 0.326 e. The molecule has 0 fully saturated rings. The number of thioether (sulfide) groups is 1. The van der Waals surface area contributed by atoms with Crippen LogP contribution in [-0.2, 0) is 6.54 Å². The quantitative estimate of drug-likeness (QED) is 0.754. The molecule has 0 saturated carbocycles. The second kappa shape index (κ2) is 4.63. The molecule has 1 aromatic rings. The molecule has 13 heavy (non-hydrogen) atoms. The summed E-state index contributed by atoms with van der Waals surface area (Å²) in [5.41, 5.74) is 7.82. The molecule has 0 saturated heterocycles. The fraction of sp³-hybridized carbons (Fsp3) is 0.500. The van der Waals surface area contributed by atoms with E-state index < -0.39 is 0 Å². The van der Waals surface area contributed by atoms with Gasteiger partial charge >= 0.3 is 0 Å². The van der Waals surface area contributed by atoms with E-state index in [9.17, 15) is 0 Å². The van der Waals surface area contributed by atoms with Crippen molar-refractivity contribution in [3.05, 3.63) is 23.4 Å². The second-order valence-corrected chi connectivity index (χ2v) is 4.85. The number of rotatable bonds is 3. The van der Waals surface area contributed by atoms with Gasteiger partial charge in [0.15, 0.2) is 0 Å². The fourth-order valence-corrected chi connectivity index (χ4v) is 1.99. The Balaban J connectivity index is 2.94. The number of hydrogen-bond acceptors (Lipinski definition) is 3. The van der Waals surface area contributed by atoms with Crippen molar-refractivity contribution in [2.75, 3.05) is 0 Å². The van der Waals surface area contributed by atoms with Crippen molar-refractivity contribution in [2.45, 2.75) is 37.6 Å². The highest BCUT2D eigenvalue weighted by Crippen LogP contribution is 2.24. The van der Waals surface area contributed by atoms with Crippen LogP contribution in [0.25, 0.3) is 0 Å². The third-order valence-electron chi connectivity index (χ3n) is 1.65. The molecule has 1 heterocycles. The minimum atomic E-state index is 0.555. The Kier molecular flexibility index (Phi) is 3.75. The van der Waals surface area contributed by atoms with Crippen LogP contribution in [0.2, 0.25) is 0 Å². The third-order valence-corrected chi connectivity index (χ3v) is 2.69. The summed E-state index contributed by atoms with van der Waals surface area (Å²) in [5, 5.41) is 1.64. The van der Waals surface area contributed by atoms with Gasteiger partial charge in [0.25, 0.3) is 0 Å². The molecule has 0 aliphatic heterocycles. The predicted molar refractivity (Wildman–Crippen MR) is 57.9 cm³/mol. The minimum absolute atomic E-state index is 0.555. The standard InChI is InChI=1S/C10H16N2S/c1-7(2)13-10-9(6-11)5-4-8(3)12-10/h4-5,7H,6,11H2,1-3H3. The molecule has 0 aliphatic rings. The molecule has 0 amide bonds. The molecule has 0 aliphatic carbocycles. The van der Waals surface area contributed by atoms with Crippen LogP contribution in [0, 0.1) is 6.92 Å². The van der Waals surface area contributed by atoms with Crippen molar-refractivity contribution in [3.8, 4) is 0 Å². The highest BCUT2D eigenvalue weighted by molar-refractivity contribution is 7.99. The number of aromatic nitrogens is 1. The van der Waals surface area contributed by atoms with Crippen molar-refractivity contribution in [2.24, 2.45) is 5.73 Å². The Labute approximate surface area is 83.9 Å². The van der Waals surface area contributed by atoms with Gasteiger partial charge in [-0.05, 0) is 18.6 Å². The van der Waals surface area contributed by atoms with E-state index in [0.717, 1.165) is 16.3 Å². The number of nitrogens with two attached hydrogens (primary N) is 1. The maximum atomic E-state index is 5.62. The van der Waals surface area contributed by atoms with E-state index in [1.807, 2.05) is 13.0 Å². The van der Waals surface area contributed by atoms with Crippen LogP contribution in [0.1, 0.15) is 25.1 Å². The lowest BCUT2D eigenvalue weighted by molar-refractivity contribution is 0.935. The van der Waals surface area contributed by atoms with Crippen molar-refractivity contribution in [1.29, 1.82) is 0 Å². The van der Waals surface area contributed by atoms with Gasteiger partial charge in [-0.3, -0.25) is 0 Å². The summed E-state index contributed by atoms with van der Waals surface area (Å²) in [6.45, 7) is 6.90. The van der Waals surface area contributed by atoms with Gasteiger partial charge in [-0.25, -0.2) is 4.98 Å². The lowest BCUT2D eigenvalue weighted by Crippen LogP contribution is -2.02. The zero-order valence-corrected chi connectivity index (χ0v) is 9.19. The van der Waals surface area contributed by atoms with Crippen molar-refractivity contribution in [1.82, 2.24) is 4.98 Å². The Morgan fingerprint density at radius 2 is 2.15 bits per heavy atom. The summed E-state index contributed by atoms with van der Waals surface area (Å²) in [6.07, 6.45) is 0. The van der Waals surface area contributed by atoms with Crippen LogP contribution in [0.3, 0.4) is 0 Å². The van der Waals surface area contributed by atoms with Crippen molar-refractivity contribution >= 4 is 11.8 Å². The summed E-state index contributed by atoms with van der Waals surface area (Å²) in [5.74, 6) is 0. The lowest BCUT2D eigenvalue weighted by atomic mass is 10.2. The normalized spacial score (nSPS) is 10.8. The lowest BCUT2D eigenvalue weighted by Gasteiger charge is -2.09. The number of aryl methyl sites for hydroxylation is 1. The van der Waals surface area contributed by atoms with Crippen molar-refractivity contribution < 1.29 is 0 Å². The summed E-state index contributed by atoms with van der Waals surface area (Å²) >= 11 is 1.77. The van der Waals surface area contributed by atoms with Gasteiger partial charge in [0.2, 0.25) is 0 Å². The average molecular weight is 196 g/mol. The summed E-state index contributed by atoms with van der Waals surface area (Å²) in [4.78, 5) is 4.47. The van der Waals surface area contributed by atoms with Gasteiger partial charge in [-0.2, -0.15) is 0 Å². The van der Waals surface area contributed by atoms with Crippen LogP contribution >= 0.6 is 11.8 Å². The van der Waals surface area contributed by atoms with E-state index in [4.69, 9.17) is 5.73 Å². The van der Waals surface area contributed by atoms with E-state index in [1.165, 1.54) is 0 Å². The first kappa shape index (κ1) is 10.5. The Morgan fingerprint density at radius 3 is 2.69 bits per heavy atom. The molecule has 0 bridgehead atoms. The molecular formula is C10H16N2S. The van der Waals surface area contributed by atoms with Crippen LogP contribution in [0.4, 0.5) is 0 Å². The first-order valence-corrected chi connectivity index (χ1v) is 5.34. The molecule has 0 radical (unpaired) electrons. The average Bonchev–Trinajstić information content (AvgIpc) is 2.03. The number of hydrogen-bond donors (Lipinski definition) is 1. The first-order chi connectivity index (χ1) is 6.13. The second-order valence-electron chi connectivity index (χ2n) is 3.29. The molecule has 72 valence electrons. The van der Waals surface area contributed by atoms with E-state index in [2.05, 4.69) is 24.9 Å². The van der Waals surface area contributed by atoms with Gasteiger partial charge in [-0.1, -0.05) is 19.9 Å². The molecule has 1 aromatic heterocycles. The topological polar surface area (TPSA) is 38.9 Å². The number of pyridine rings is 1. The molecule has 0 atom stereocenters. The summed E-state index contributed by atoms with van der Waals surface area (Å²) < 4.78 is 0. The van der Waals surface area contributed by atoms with E-state index in [-0.39, 0.29) is 0 Å². The van der Waals surface area contributed by atoms with Crippen LogP contribution in [0.5, 0.6) is 0 Å². The molecule has 2 nitrogen and oxygen atoms in total. The predicted octanol–water partition coefficient (Wildman–Crippen LogP) is 2.35. The van der Waals surface area contributed by atoms with E-state index in [0.29, 0.717) is 11.8 Å². The minimum Gasteiger partial charge on any atom is -0.326 e. The first-order valence-electron chi connectivity index (χ1n) is 4.46. The fourth-order valence-electron chi connectivity index (χ4n) is 1.04. The number of nitrogens with zero attached hydrogens (tertiary/aromatic N) is 1. The summed E-state index contributed by atoms with van der Waals surface area (Å²) in [7, 11) is 0. The Hall–Kier alpha value is -0.540. The van der Waals surface area contributed by atoms with Gasteiger partial charge in [-0.15, -0.1) is 11.8 Å². The van der Waals surface area contributed by atoms with Crippen LogP contribution in [0.15, 0.2) is 17.2 Å². The maximum absolute atomic E-state index is 5.62. The van der Waals surface area contributed by atoms with Crippen molar-refractivity contribution in [3.63, 3.8) is 0 Å². The molecular weight excluding hydrogens is 180 g/mol. The van der Waals surface area contributed by atoms with E-state index in [1.54, 1.807) is 11.8 Å². The molecule has 0 spiro atoms. The van der Waals surface area contributed by atoms with Gasteiger partial charge in [0.05, 0.1) is 0 Å². The molecule has 2 N–H and O–H groups in total. The van der Waals surface area contributed by atoms with Gasteiger partial charge in [0, 0.05) is 17.5 Å². The van der Waals surface area contributed by atoms with Crippen LogP contribution < -0.4 is 5.73 Å². The summed E-state index contributed by atoms with van der Waals surface area (Å²) in [6, 6.07) is 4.07. The molecule has 3 heteroatoms. The zero-order valence-electron chi connectivity index (χ0n) is 8.37.